The third-order valence-electron chi connectivity index (χ3n) is 3.82. The summed E-state index contributed by atoms with van der Waals surface area (Å²) in [6.45, 7) is 4.87. The number of ether oxygens (including phenoxy) is 2. The molecule has 0 radical (unpaired) electrons. The molecule has 28 heavy (non-hydrogen) atoms. The van der Waals surface area contributed by atoms with E-state index in [4.69, 9.17) is 9.47 Å². The number of rotatable bonds is 9. The number of nitrogens with one attached hydrogen (secondary N) is 2. The molecule has 0 aliphatic carbocycles. The average molecular weight is 402 g/mol. The molecule has 0 spiro atoms. The Morgan fingerprint density at radius 2 is 1.93 bits per heavy atom. The first kappa shape index (κ1) is 19.7. The summed E-state index contributed by atoms with van der Waals surface area (Å²) in [5, 5.41) is 7.29. The van der Waals surface area contributed by atoms with Gasteiger partial charge in [0.15, 0.2) is 16.5 Å². The van der Waals surface area contributed by atoms with Crippen LogP contribution in [0, 0.1) is 0 Å². The maximum atomic E-state index is 12.3. The Hall–Kier alpha value is -3.07. The van der Waals surface area contributed by atoms with E-state index in [1.807, 2.05) is 36.0 Å². The van der Waals surface area contributed by atoms with Crippen LogP contribution in [0.5, 0.6) is 11.5 Å². The van der Waals surface area contributed by atoms with Gasteiger partial charge in [-0.3, -0.25) is 14.0 Å². The summed E-state index contributed by atoms with van der Waals surface area (Å²) in [5.74, 6) is 0.433. The highest BCUT2D eigenvalue weighted by atomic mass is 32.1. The minimum atomic E-state index is -0.360. The fourth-order valence-corrected chi connectivity index (χ4v) is 3.29. The van der Waals surface area contributed by atoms with E-state index >= 15 is 0 Å². The summed E-state index contributed by atoms with van der Waals surface area (Å²) in [6.07, 6.45) is 3.77. The minimum absolute atomic E-state index is 0.127. The normalized spacial score (nSPS) is 10.6. The number of carbonyl (C=O) groups is 2. The van der Waals surface area contributed by atoms with Crippen LogP contribution < -0.4 is 20.1 Å². The van der Waals surface area contributed by atoms with Crippen molar-refractivity contribution in [1.29, 1.82) is 0 Å². The molecule has 0 atom stereocenters. The van der Waals surface area contributed by atoms with Gasteiger partial charge < -0.3 is 20.1 Å². The monoisotopic (exact) mass is 402 g/mol. The van der Waals surface area contributed by atoms with Gasteiger partial charge in [0.2, 0.25) is 5.91 Å². The molecule has 0 aliphatic rings. The van der Waals surface area contributed by atoms with Crippen molar-refractivity contribution in [3.05, 3.63) is 47.2 Å². The second-order valence-corrected chi connectivity index (χ2v) is 6.69. The number of aromatic nitrogens is 2. The number of hydrogen-bond donors (Lipinski definition) is 2. The van der Waals surface area contributed by atoms with E-state index in [9.17, 15) is 9.59 Å². The second-order valence-electron chi connectivity index (χ2n) is 5.81. The molecule has 9 heteroatoms. The maximum Gasteiger partial charge on any atom is 0.251 e. The Balaban J connectivity index is 1.51. The van der Waals surface area contributed by atoms with Crippen molar-refractivity contribution in [1.82, 2.24) is 20.0 Å². The van der Waals surface area contributed by atoms with Crippen LogP contribution in [0.4, 0.5) is 0 Å². The molecule has 8 nitrogen and oxygen atoms in total. The van der Waals surface area contributed by atoms with Crippen LogP contribution in [-0.4, -0.2) is 41.0 Å². The van der Waals surface area contributed by atoms with Gasteiger partial charge in [0.1, 0.15) is 0 Å². The molecule has 2 N–H and O–H groups in total. The zero-order chi connectivity index (χ0) is 19.9. The number of thiazole rings is 1. The van der Waals surface area contributed by atoms with Gasteiger partial charge in [-0.2, -0.15) is 0 Å². The van der Waals surface area contributed by atoms with Crippen LogP contribution in [0.25, 0.3) is 4.96 Å². The molecule has 2 aromatic heterocycles. The van der Waals surface area contributed by atoms with E-state index in [1.165, 1.54) is 11.3 Å². The largest absolute Gasteiger partial charge is 0.490 e. The van der Waals surface area contributed by atoms with Crippen molar-refractivity contribution < 1.29 is 19.1 Å². The smallest absolute Gasteiger partial charge is 0.251 e. The number of amides is 2. The Morgan fingerprint density at radius 3 is 2.68 bits per heavy atom. The number of fused-ring (bicyclic) bond motifs is 1. The standard InChI is InChI=1S/C19H22N4O4S/c1-3-26-15-6-5-13(9-16(15)27-4-2)18(25)21-11-17(24)20-10-14-12-23-7-8-28-19(23)22-14/h5-9,12H,3-4,10-11H2,1-2H3,(H,20,24)(H,21,25). The number of carbonyl (C=O) groups excluding carboxylic acids is 2. The van der Waals surface area contributed by atoms with E-state index in [-0.39, 0.29) is 18.4 Å². The number of imidazole rings is 1. The summed E-state index contributed by atoms with van der Waals surface area (Å²) >= 11 is 1.53. The van der Waals surface area contributed by atoms with Crippen LogP contribution in [0.3, 0.4) is 0 Å². The van der Waals surface area contributed by atoms with E-state index in [2.05, 4.69) is 15.6 Å². The number of benzene rings is 1. The van der Waals surface area contributed by atoms with Gasteiger partial charge in [-0.05, 0) is 32.0 Å². The fraction of sp³-hybridized carbons (Fsp3) is 0.316. The highest BCUT2D eigenvalue weighted by molar-refractivity contribution is 7.15. The molecule has 3 aromatic rings. The van der Waals surface area contributed by atoms with E-state index in [0.717, 1.165) is 10.7 Å². The van der Waals surface area contributed by atoms with Crippen LogP contribution in [0.2, 0.25) is 0 Å². The molecule has 3 rings (SSSR count). The lowest BCUT2D eigenvalue weighted by Crippen LogP contribution is -2.36. The van der Waals surface area contributed by atoms with Crippen molar-refractivity contribution >= 4 is 28.1 Å². The average Bonchev–Trinajstić information content (AvgIpc) is 3.28. The summed E-state index contributed by atoms with van der Waals surface area (Å²) in [5.41, 5.74) is 1.16. The molecule has 1 aromatic carbocycles. The molecule has 0 saturated heterocycles. The number of hydrogen-bond acceptors (Lipinski definition) is 6. The topological polar surface area (TPSA) is 94.0 Å². The van der Waals surface area contributed by atoms with Gasteiger partial charge in [-0.1, -0.05) is 0 Å². The van der Waals surface area contributed by atoms with Crippen molar-refractivity contribution in [2.24, 2.45) is 0 Å². The van der Waals surface area contributed by atoms with Crippen molar-refractivity contribution in [2.75, 3.05) is 19.8 Å². The number of nitrogens with zero attached hydrogens (tertiary/aromatic N) is 2. The predicted octanol–water partition coefficient (Wildman–Crippen LogP) is 2.24. The third kappa shape index (κ3) is 4.80. The van der Waals surface area contributed by atoms with Gasteiger partial charge in [0.25, 0.3) is 5.91 Å². The van der Waals surface area contributed by atoms with Crippen LogP contribution >= 0.6 is 11.3 Å². The van der Waals surface area contributed by atoms with Crippen molar-refractivity contribution in [2.45, 2.75) is 20.4 Å². The van der Waals surface area contributed by atoms with Crippen molar-refractivity contribution in [3.63, 3.8) is 0 Å². The molecule has 0 unspecified atom stereocenters. The zero-order valence-corrected chi connectivity index (χ0v) is 16.5. The Labute approximate surface area is 166 Å². The van der Waals surface area contributed by atoms with Crippen molar-refractivity contribution in [3.8, 4) is 11.5 Å². The lowest BCUT2D eigenvalue weighted by atomic mass is 10.2. The van der Waals surface area contributed by atoms with E-state index in [1.54, 1.807) is 18.2 Å². The zero-order valence-electron chi connectivity index (χ0n) is 15.7. The lowest BCUT2D eigenvalue weighted by Gasteiger charge is -2.12. The molecule has 0 bridgehead atoms. The quantitative estimate of drug-likeness (QED) is 0.573. The maximum absolute atomic E-state index is 12.3. The van der Waals surface area contributed by atoms with Crippen LogP contribution in [-0.2, 0) is 11.3 Å². The second kappa shape index (κ2) is 9.23. The molecule has 2 amide bonds. The molecule has 148 valence electrons. The Bertz CT molecular complexity index is 937. The minimum Gasteiger partial charge on any atom is -0.490 e. The lowest BCUT2D eigenvalue weighted by molar-refractivity contribution is -0.120. The Kier molecular flexibility index (Phi) is 6.49. The SMILES string of the molecule is CCOc1ccc(C(=O)NCC(=O)NCc2cn3ccsc3n2)cc1OCC. The molecule has 0 fully saturated rings. The molecule has 2 heterocycles. The van der Waals surface area contributed by atoms with E-state index < -0.39 is 0 Å². The predicted molar refractivity (Wildman–Crippen MR) is 106 cm³/mol. The van der Waals surface area contributed by atoms with E-state index in [0.29, 0.717) is 36.8 Å². The van der Waals surface area contributed by atoms with Gasteiger partial charge in [-0.15, -0.1) is 11.3 Å². The first-order chi connectivity index (χ1) is 13.6. The van der Waals surface area contributed by atoms with Gasteiger partial charge in [-0.25, -0.2) is 4.98 Å². The third-order valence-corrected chi connectivity index (χ3v) is 4.60. The molecule has 0 aliphatic heterocycles. The summed E-state index contributed by atoms with van der Waals surface area (Å²) in [4.78, 5) is 29.6. The first-order valence-corrected chi connectivity index (χ1v) is 9.84. The summed E-state index contributed by atoms with van der Waals surface area (Å²) < 4.78 is 12.9. The fourth-order valence-electron chi connectivity index (χ4n) is 2.57. The molecule has 0 saturated carbocycles. The summed E-state index contributed by atoms with van der Waals surface area (Å²) in [7, 11) is 0. The molecular weight excluding hydrogens is 380 g/mol. The highest BCUT2D eigenvalue weighted by Crippen LogP contribution is 2.28. The van der Waals surface area contributed by atoms with Crippen LogP contribution in [0.15, 0.2) is 36.0 Å². The highest BCUT2D eigenvalue weighted by Gasteiger charge is 2.13. The van der Waals surface area contributed by atoms with Gasteiger partial charge in [0, 0.05) is 23.3 Å². The first-order valence-electron chi connectivity index (χ1n) is 8.96. The Morgan fingerprint density at radius 1 is 1.14 bits per heavy atom. The van der Waals surface area contributed by atoms with Gasteiger partial charge in [0.05, 0.1) is 32.0 Å². The molecular formula is C19H22N4O4S. The summed E-state index contributed by atoms with van der Waals surface area (Å²) in [6, 6.07) is 4.94. The van der Waals surface area contributed by atoms with Crippen LogP contribution in [0.1, 0.15) is 29.9 Å². The van der Waals surface area contributed by atoms with Gasteiger partial charge >= 0.3 is 0 Å².